The van der Waals surface area contributed by atoms with Gasteiger partial charge in [-0.25, -0.2) is 4.79 Å². The molecule has 0 aliphatic carbocycles. The maximum absolute atomic E-state index is 12.8. The fourth-order valence-corrected chi connectivity index (χ4v) is 2.98. The molecule has 0 spiro atoms. The Balaban J connectivity index is 1.88. The summed E-state index contributed by atoms with van der Waals surface area (Å²) in [5, 5.41) is 0. The van der Waals surface area contributed by atoms with Crippen molar-refractivity contribution in [3.8, 4) is 17.2 Å². The van der Waals surface area contributed by atoms with Crippen LogP contribution < -0.4 is 14.2 Å². The molecule has 1 aliphatic rings. The van der Waals surface area contributed by atoms with E-state index in [0.29, 0.717) is 28.4 Å². The second-order valence-corrected chi connectivity index (χ2v) is 6.31. The molecular formula is C22H22O6. The van der Waals surface area contributed by atoms with Crippen molar-refractivity contribution in [3.05, 3.63) is 58.8 Å². The molecule has 0 amide bonds. The van der Waals surface area contributed by atoms with Gasteiger partial charge in [0.25, 0.3) is 0 Å². The highest BCUT2D eigenvalue weighted by Gasteiger charge is 2.30. The van der Waals surface area contributed by atoms with Gasteiger partial charge in [-0.05, 0) is 44.5 Å². The predicted molar refractivity (Wildman–Crippen MR) is 104 cm³/mol. The fourth-order valence-electron chi connectivity index (χ4n) is 2.98. The van der Waals surface area contributed by atoms with Crippen molar-refractivity contribution in [1.82, 2.24) is 0 Å². The molecule has 1 unspecified atom stereocenters. The first kappa shape index (κ1) is 19.5. The summed E-state index contributed by atoms with van der Waals surface area (Å²) in [5.41, 5.74) is 1.93. The monoisotopic (exact) mass is 382 g/mol. The van der Waals surface area contributed by atoms with Crippen LogP contribution in [0.4, 0.5) is 0 Å². The second kappa shape index (κ2) is 8.17. The lowest BCUT2D eigenvalue weighted by Crippen LogP contribution is -2.26. The summed E-state index contributed by atoms with van der Waals surface area (Å²) in [6.45, 7) is 5.43. The molecule has 2 aromatic carbocycles. The zero-order valence-corrected chi connectivity index (χ0v) is 16.3. The molecule has 6 nitrogen and oxygen atoms in total. The molecular weight excluding hydrogens is 360 g/mol. The van der Waals surface area contributed by atoms with Gasteiger partial charge in [-0.15, -0.1) is 0 Å². The molecule has 3 rings (SSSR count). The van der Waals surface area contributed by atoms with E-state index in [0.717, 1.165) is 5.56 Å². The van der Waals surface area contributed by atoms with E-state index in [1.807, 2.05) is 24.3 Å². The zero-order chi connectivity index (χ0) is 20.3. The number of esters is 1. The minimum Gasteiger partial charge on any atom is -0.496 e. The molecule has 2 aromatic rings. The summed E-state index contributed by atoms with van der Waals surface area (Å²) in [5.74, 6) is 1.03. The smallest absolute Gasteiger partial charge is 0.347 e. The third-order valence-electron chi connectivity index (χ3n) is 4.30. The number of ketones is 1. The molecule has 28 heavy (non-hydrogen) atoms. The summed E-state index contributed by atoms with van der Waals surface area (Å²) in [4.78, 5) is 24.6. The number of methoxy groups -OCH3 is 1. The maximum Gasteiger partial charge on any atom is 0.347 e. The molecule has 0 N–H and O–H groups in total. The first-order valence-corrected chi connectivity index (χ1v) is 8.99. The lowest BCUT2D eigenvalue weighted by molar-refractivity contribution is -0.150. The SMILES string of the molecule is CCOC(=O)C(C)Oc1cc(C)c2c(c1)O/C(=C\c1ccccc1OC)C2=O. The van der Waals surface area contributed by atoms with Gasteiger partial charge in [-0.3, -0.25) is 4.79 Å². The summed E-state index contributed by atoms with van der Waals surface area (Å²) in [6.07, 6.45) is 0.889. The number of carbonyl (C=O) groups excluding carboxylic acids is 2. The Morgan fingerprint density at radius 3 is 2.71 bits per heavy atom. The molecule has 1 aliphatic heterocycles. The number of benzene rings is 2. The highest BCUT2D eigenvalue weighted by Crippen LogP contribution is 2.38. The normalized spacial score (nSPS) is 15.0. The number of hydrogen-bond donors (Lipinski definition) is 0. The van der Waals surface area contributed by atoms with E-state index < -0.39 is 12.1 Å². The third kappa shape index (κ3) is 3.86. The Hall–Kier alpha value is -3.28. The second-order valence-electron chi connectivity index (χ2n) is 6.31. The highest BCUT2D eigenvalue weighted by atomic mass is 16.6. The van der Waals surface area contributed by atoms with Crippen molar-refractivity contribution >= 4 is 17.8 Å². The van der Waals surface area contributed by atoms with Gasteiger partial charge in [-0.2, -0.15) is 0 Å². The van der Waals surface area contributed by atoms with Crippen molar-refractivity contribution in [2.24, 2.45) is 0 Å². The van der Waals surface area contributed by atoms with E-state index in [1.54, 1.807) is 46.1 Å². The van der Waals surface area contributed by atoms with Gasteiger partial charge in [0.1, 0.15) is 17.2 Å². The summed E-state index contributed by atoms with van der Waals surface area (Å²) in [6, 6.07) is 10.7. The average molecular weight is 382 g/mol. The average Bonchev–Trinajstić information content (AvgIpc) is 2.98. The number of fused-ring (bicyclic) bond motifs is 1. The fraction of sp³-hybridized carbons (Fsp3) is 0.273. The molecule has 6 heteroatoms. The van der Waals surface area contributed by atoms with Gasteiger partial charge >= 0.3 is 5.97 Å². The number of aryl methyl sites for hydroxylation is 1. The van der Waals surface area contributed by atoms with Crippen LogP contribution in [-0.4, -0.2) is 31.6 Å². The van der Waals surface area contributed by atoms with Crippen molar-refractivity contribution in [2.75, 3.05) is 13.7 Å². The number of carbonyl (C=O) groups is 2. The van der Waals surface area contributed by atoms with Crippen LogP contribution in [-0.2, 0) is 9.53 Å². The number of Topliss-reactive ketones (excluding diaryl/α,β-unsaturated/α-hetero) is 1. The van der Waals surface area contributed by atoms with Crippen LogP contribution in [0.1, 0.15) is 35.3 Å². The third-order valence-corrected chi connectivity index (χ3v) is 4.30. The Labute approximate surface area is 163 Å². The maximum atomic E-state index is 12.8. The number of allylic oxidation sites excluding steroid dienone is 1. The minimum atomic E-state index is -0.766. The van der Waals surface area contributed by atoms with E-state index in [1.165, 1.54) is 0 Å². The van der Waals surface area contributed by atoms with E-state index in [4.69, 9.17) is 18.9 Å². The van der Waals surface area contributed by atoms with Crippen molar-refractivity contribution in [2.45, 2.75) is 26.9 Å². The molecule has 146 valence electrons. The van der Waals surface area contributed by atoms with Crippen LogP contribution in [0.5, 0.6) is 17.2 Å². The molecule has 0 radical (unpaired) electrons. The molecule has 0 aromatic heterocycles. The molecule has 0 saturated carbocycles. The largest absolute Gasteiger partial charge is 0.496 e. The number of ether oxygens (including phenoxy) is 4. The first-order chi connectivity index (χ1) is 13.4. The Bertz CT molecular complexity index is 944. The van der Waals surface area contributed by atoms with E-state index in [2.05, 4.69) is 0 Å². The molecule has 1 atom stereocenters. The predicted octanol–water partition coefficient (Wildman–Crippen LogP) is 3.95. The Kier molecular flexibility index (Phi) is 5.68. The summed E-state index contributed by atoms with van der Waals surface area (Å²) < 4.78 is 21.7. The lowest BCUT2D eigenvalue weighted by Gasteiger charge is -2.14. The van der Waals surface area contributed by atoms with Crippen molar-refractivity contribution in [1.29, 1.82) is 0 Å². The van der Waals surface area contributed by atoms with Crippen LogP contribution in [0.2, 0.25) is 0 Å². The van der Waals surface area contributed by atoms with Gasteiger partial charge in [0, 0.05) is 11.6 Å². The van der Waals surface area contributed by atoms with Crippen LogP contribution in [0.15, 0.2) is 42.2 Å². The Morgan fingerprint density at radius 1 is 1.25 bits per heavy atom. The summed E-state index contributed by atoms with van der Waals surface area (Å²) >= 11 is 0. The molecule has 0 fully saturated rings. The van der Waals surface area contributed by atoms with Crippen molar-refractivity contribution < 1.29 is 28.5 Å². The Morgan fingerprint density at radius 2 is 2.00 bits per heavy atom. The molecule has 0 bridgehead atoms. The standard InChI is InChI=1S/C22H22O6/c1-5-26-22(24)14(3)27-16-10-13(2)20-18(12-16)28-19(21(20)23)11-15-8-6-7-9-17(15)25-4/h6-12,14H,5H2,1-4H3/b19-11-. The quantitative estimate of drug-likeness (QED) is 0.556. The van der Waals surface area contributed by atoms with Crippen LogP contribution in [0, 0.1) is 6.92 Å². The molecule has 0 saturated heterocycles. The van der Waals surface area contributed by atoms with Crippen molar-refractivity contribution in [3.63, 3.8) is 0 Å². The lowest BCUT2D eigenvalue weighted by atomic mass is 10.0. The van der Waals surface area contributed by atoms with Gasteiger partial charge in [0.05, 0.1) is 19.3 Å². The zero-order valence-electron chi connectivity index (χ0n) is 16.3. The van der Waals surface area contributed by atoms with Gasteiger partial charge in [0.15, 0.2) is 11.9 Å². The van der Waals surface area contributed by atoms with E-state index in [-0.39, 0.29) is 18.1 Å². The number of hydrogen-bond acceptors (Lipinski definition) is 6. The number of para-hydroxylation sites is 1. The van der Waals surface area contributed by atoms with Gasteiger partial charge in [0.2, 0.25) is 5.78 Å². The summed E-state index contributed by atoms with van der Waals surface area (Å²) in [7, 11) is 1.57. The van der Waals surface area contributed by atoms with Crippen LogP contribution in [0.3, 0.4) is 0 Å². The number of rotatable bonds is 6. The minimum absolute atomic E-state index is 0.205. The topological polar surface area (TPSA) is 71.1 Å². The highest BCUT2D eigenvalue weighted by molar-refractivity contribution is 6.15. The van der Waals surface area contributed by atoms with Gasteiger partial charge in [-0.1, -0.05) is 18.2 Å². The van der Waals surface area contributed by atoms with E-state index >= 15 is 0 Å². The van der Waals surface area contributed by atoms with E-state index in [9.17, 15) is 9.59 Å². The first-order valence-electron chi connectivity index (χ1n) is 8.99. The van der Waals surface area contributed by atoms with Crippen LogP contribution in [0.25, 0.3) is 6.08 Å². The van der Waals surface area contributed by atoms with Gasteiger partial charge < -0.3 is 18.9 Å². The van der Waals surface area contributed by atoms with Crippen LogP contribution >= 0.6 is 0 Å². The molecule has 1 heterocycles.